The van der Waals surface area contributed by atoms with E-state index < -0.39 is 6.04 Å². The summed E-state index contributed by atoms with van der Waals surface area (Å²) in [6.07, 6.45) is 1.48. The Balaban J connectivity index is 2.31. The van der Waals surface area contributed by atoms with Crippen molar-refractivity contribution >= 4 is 46.6 Å². The van der Waals surface area contributed by atoms with E-state index in [0.29, 0.717) is 21.5 Å². The number of rotatable bonds is 9. The number of hydrogen-bond acceptors (Lipinski definition) is 2. The molecule has 2 rings (SSSR count). The lowest BCUT2D eigenvalue weighted by atomic mass is 10.1. The van der Waals surface area contributed by atoms with Gasteiger partial charge in [-0.1, -0.05) is 66.8 Å². The van der Waals surface area contributed by atoms with Crippen LogP contribution in [-0.4, -0.2) is 28.8 Å². The highest BCUT2D eigenvalue weighted by atomic mass is 35.5. The zero-order valence-corrected chi connectivity index (χ0v) is 19.7. The second kappa shape index (κ2) is 11.6. The van der Waals surface area contributed by atoms with Crippen LogP contribution in [0.2, 0.25) is 15.1 Å². The van der Waals surface area contributed by atoms with Crippen molar-refractivity contribution in [2.24, 2.45) is 0 Å². The van der Waals surface area contributed by atoms with Crippen LogP contribution in [0.5, 0.6) is 0 Å². The number of amides is 2. The molecule has 0 saturated heterocycles. The molecule has 2 atom stereocenters. The first-order valence-electron chi connectivity index (χ1n) is 10.0. The Morgan fingerprint density at radius 1 is 0.933 bits per heavy atom. The van der Waals surface area contributed by atoms with Crippen molar-refractivity contribution < 1.29 is 9.59 Å². The maximum absolute atomic E-state index is 13.3. The summed E-state index contributed by atoms with van der Waals surface area (Å²) in [7, 11) is 0. The molecule has 4 nitrogen and oxygen atoms in total. The number of nitrogens with zero attached hydrogens (tertiary/aromatic N) is 1. The normalized spacial score (nSPS) is 12.9. The fourth-order valence-electron chi connectivity index (χ4n) is 3.07. The smallest absolute Gasteiger partial charge is 0.243 e. The molecule has 0 fully saturated rings. The maximum atomic E-state index is 13.3. The molecule has 2 aromatic carbocycles. The minimum atomic E-state index is -0.590. The number of carbonyl (C=O) groups is 2. The first-order chi connectivity index (χ1) is 14.2. The molecule has 0 radical (unpaired) electrons. The Morgan fingerprint density at radius 3 is 2.13 bits per heavy atom. The van der Waals surface area contributed by atoms with Crippen molar-refractivity contribution in [2.45, 2.75) is 58.7 Å². The zero-order valence-electron chi connectivity index (χ0n) is 17.4. The third kappa shape index (κ3) is 6.90. The van der Waals surface area contributed by atoms with Gasteiger partial charge in [0.05, 0.1) is 16.5 Å². The monoisotopic (exact) mass is 468 g/mol. The van der Waals surface area contributed by atoms with Gasteiger partial charge in [-0.05, 0) is 55.2 Å². The number of carbonyl (C=O) groups excluding carboxylic acids is 2. The largest absolute Gasteiger partial charge is 0.352 e. The van der Waals surface area contributed by atoms with Crippen molar-refractivity contribution in [3.05, 3.63) is 68.7 Å². The van der Waals surface area contributed by atoms with Crippen LogP contribution < -0.4 is 5.32 Å². The lowest BCUT2D eigenvalue weighted by Gasteiger charge is -2.31. The summed E-state index contributed by atoms with van der Waals surface area (Å²) < 4.78 is 0. The van der Waals surface area contributed by atoms with E-state index in [4.69, 9.17) is 34.8 Å². The number of hydrogen-bond donors (Lipinski definition) is 1. The summed E-state index contributed by atoms with van der Waals surface area (Å²) >= 11 is 18.1. The van der Waals surface area contributed by atoms with E-state index in [-0.39, 0.29) is 30.8 Å². The van der Waals surface area contributed by atoms with Crippen LogP contribution in [0.1, 0.15) is 44.7 Å². The SMILES string of the molecule is CC[C@H](C)NC(=O)[C@H](CC)N(Cc1ccc(Cl)c(Cl)c1)C(=O)Cc1ccc(Cl)cc1. The molecule has 0 aliphatic rings. The van der Waals surface area contributed by atoms with Crippen molar-refractivity contribution in [1.82, 2.24) is 10.2 Å². The molecule has 0 heterocycles. The van der Waals surface area contributed by atoms with E-state index in [1.54, 1.807) is 29.2 Å². The zero-order chi connectivity index (χ0) is 22.3. The number of benzene rings is 2. The Hall–Kier alpha value is -1.75. The molecule has 0 aliphatic heterocycles. The van der Waals surface area contributed by atoms with Crippen LogP contribution >= 0.6 is 34.8 Å². The molecule has 0 unspecified atom stereocenters. The lowest BCUT2D eigenvalue weighted by Crippen LogP contribution is -2.51. The van der Waals surface area contributed by atoms with Gasteiger partial charge in [0.15, 0.2) is 0 Å². The summed E-state index contributed by atoms with van der Waals surface area (Å²) in [5, 5.41) is 4.46. The van der Waals surface area contributed by atoms with Crippen LogP contribution in [0.25, 0.3) is 0 Å². The van der Waals surface area contributed by atoms with Crippen molar-refractivity contribution in [2.75, 3.05) is 0 Å². The first kappa shape index (κ1) is 24.5. The molecule has 0 aromatic heterocycles. The Kier molecular flexibility index (Phi) is 9.47. The van der Waals surface area contributed by atoms with Gasteiger partial charge >= 0.3 is 0 Å². The molecule has 0 aliphatic carbocycles. The molecule has 2 aromatic rings. The molecular formula is C23H27Cl3N2O2. The molecule has 0 spiro atoms. The van der Waals surface area contributed by atoms with Gasteiger partial charge in [-0.15, -0.1) is 0 Å². The summed E-state index contributed by atoms with van der Waals surface area (Å²) in [6, 6.07) is 11.8. The molecular weight excluding hydrogens is 443 g/mol. The van der Waals surface area contributed by atoms with Crippen LogP contribution in [0.15, 0.2) is 42.5 Å². The van der Waals surface area contributed by atoms with Gasteiger partial charge in [-0.25, -0.2) is 0 Å². The van der Waals surface area contributed by atoms with E-state index in [2.05, 4.69) is 5.32 Å². The van der Waals surface area contributed by atoms with Crippen molar-refractivity contribution in [3.63, 3.8) is 0 Å². The summed E-state index contributed by atoms with van der Waals surface area (Å²) in [5.41, 5.74) is 1.64. The van der Waals surface area contributed by atoms with E-state index in [1.165, 1.54) is 0 Å². The van der Waals surface area contributed by atoms with Crippen LogP contribution in [0.4, 0.5) is 0 Å². The van der Waals surface area contributed by atoms with E-state index in [9.17, 15) is 9.59 Å². The van der Waals surface area contributed by atoms with Crippen molar-refractivity contribution in [3.8, 4) is 0 Å². The summed E-state index contributed by atoms with van der Waals surface area (Å²) in [5.74, 6) is -0.300. The number of nitrogens with one attached hydrogen (secondary N) is 1. The van der Waals surface area contributed by atoms with Gasteiger partial charge in [0.2, 0.25) is 11.8 Å². The Bertz CT molecular complexity index is 871. The third-order valence-electron chi connectivity index (χ3n) is 4.99. The molecule has 2 amide bonds. The molecule has 30 heavy (non-hydrogen) atoms. The highest BCUT2D eigenvalue weighted by molar-refractivity contribution is 6.42. The van der Waals surface area contributed by atoms with Crippen LogP contribution in [-0.2, 0) is 22.6 Å². The van der Waals surface area contributed by atoms with E-state index >= 15 is 0 Å². The molecule has 1 N–H and O–H groups in total. The average molecular weight is 470 g/mol. The van der Waals surface area contributed by atoms with Gasteiger partial charge in [0.25, 0.3) is 0 Å². The van der Waals surface area contributed by atoms with Crippen molar-refractivity contribution in [1.29, 1.82) is 0 Å². The van der Waals surface area contributed by atoms with Gasteiger partial charge in [-0.2, -0.15) is 0 Å². The standard InChI is InChI=1S/C23H27Cl3N2O2/c1-4-15(3)27-23(30)21(5-2)28(14-17-8-11-19(25)20(26)12-17)22(29)13-16-6-9-18(24)10-7-16/h6-12,15,21H,4-5,13-14H2,1-3H3,(H,27,30)/t15-,21-/m0/s1. The summed E-state index contributed by atoms with van der Waals surface area (Å²) in [6.45, 7) is 6.11. The Morgan fingerprint density at radius 2 is 1.57 bits per heavy atom. The van der Waals surface area contributed by atoms with Gasteiger partial charge in [-0.3, -0.25) is 9.59 Å². The fourth-order valence-corrected chi connectivity index (χ4v) is 3.52. The molecule has 0 bridgehead atoms. The van der Waals surface area contributed by atoms with E-state index in [1.807, 2.05) is 39.0 Å². The second-order valence-corrected chi connectivity index (χ2v) is 8.57. The average Bonchev–Trinajstić information content (AvgIpc) is 2.72. The Labute approximate surface area is 193 Å². The predicted octanol–water partition coefficient (Wildman–Crippen LogP) is 5.91. The van der Waals surface area contributed by atoms with Gasteiger partial charge in [0, 0.05) is 17.6 Å². The highest BCUT2D eigenvalue weighted by Crippen LogP contribution is 2.24. The van der Waals surface area contributed by atoms with Crippen LogP contribution in [0.3, 0.4) is 0 Å². The van der Waals surface area contributed by atoms with Gasteiger partial charge in [0.1, 0.15) is 6.04 Å². The minimum absolute atomic E-state index is 0.0322. The molecule has 162 valence electrons. The predicted molar refractivity (Wildman–Crippen MR) is 124 cm³/mol. The second-order valence-electron chi connectivity index (χ2n) is 7.32. The number of halogens is 3. The summed E-state index contributed by atoms with van der Waals surface area (Å²) in [4.78, 5) is 27.8. The highest BCUT2D eigenvalue weighted by Gasteiger charge is 2.29. The van der Waals surface area contributed by atoms with Gasteiger partial charge < -0.3 is 10.2 Å². The minimum Gasteiger partial charge on any atom is -0.352 e. The van der Waals surface area contributed by atoms with Crippen LogP contribution in [0, 0.1) is 0 Å². The molecule has 7 heteroatoms. The first-order valence-corrected chi connectivity index (χ1v) is 11.2. The lowest BCUT2D eigenvalue weighted by molar-refractivity contribution is -0.141. The topological polar surface area (TPSA) is 49.4 Å². The quantitative estimate of drug-likeness (QED) is 0.496. The maximum Gasteiger partial charge on any atom is 0.243 e. The third-order valence-corrected chi connectivity index (χ3v) is 5.98. The molecule has 0 saturated carbocycles. The fraction of sp³-hybridized carbons (Fsp3) is 0.391. The van der Waals surface area contributed by atoms with E-state index in [0.717, 1.165) is 17.5 Å².